The first-order valence-corrected chi connectivity index (χ1v) is 10.3. The summed E-state index contributed by atoms with van der Waals surface area (Å²) in [5.74, 6) is 2.02. The second kappa shape index (κ2) is 6.12. The average molecular weight is 352 g/mol. The summed E-state index contributed by atoms with van der Waals surface area (Å²) >= 11 is 0. The summed E-state index contributed by atoms with van der Waals surface area (Å²) in [6.45, 7) is 5.40. The van der Waals surface area contributed by atoms with Crippen LogP contribution in [0, 0.1) is 0 Å². The van der Waals surface area contributed by atoms with Crippen molar-refractivity contribution < 1.29 is 8.42 Å². The Morgan fingerprint density at radius 1 is 1.17 bits per heavy atom. The van der Waals surface area contributed by atoms with Crippen molar-refractivity contribution in [3.05, 3.63) is 12.3 Å². The maximum absolute atomic E-state index is 12.0. The maximum Gasteiger partial charge on any atom is 0.227 e. The Morgan fingerprint density at radius 3 is 2.75 bits per heavy atom. The molecule has 3 saturated heterocycles. The first kappa shape index (κ1) is 16.0. The number of sulfone groups is 1. The second-order valence-corrected chi connectivity index (χ2v) is 9.06. The summed E-state index contributed by atoms with van der Waals surface area (Å²) < 4.78 is 24.0. The molecule has 9 heteroatoms. The number of nitrogens with zero attached hydrogens (tertiary/aromatic N) is 5. The number of anilines is 2. The molecule has 1 aromatic heterocycles. The lowest BCUT2D eigenvalue weighted by Gasteiger charge is -2.38. The van der Waals surface area contributed by atoms with Crippen molar-refractivity contribution >= 4 is 21.6 Å². The topological polar surface area (TPSA) is 81.7 Å². The highest BCUT2D eigenvalue weighted by molar-refractivity contribution is 7.91. The van der Waals surface area contributed by atoms with Crippen molar-refractivity contribution in [1.82, 2.24) is 20.2 Å². The first-order chi connectivity index (χ1) is 11.5. The fraction of sp³-hybridized carbons (Fsp3) is 0.733. The van der Waals surface area contributed by atoms with Crippen LogP contribution in [0.2, 0.25) is 0 Å². The van der Waals surface area contributed by atoms with Crippen molar-refractivity contribution in [3.8, 4) is 0 Å². The summed E-state index contributed by atoms with van der Waals surface area (Å²) in [4.78, 5) is 15.8. The summed E-state index contributed by atoms with van der Waals surface area (Å²) in [5, 5.41) is 3.34. The Kier molecular flexibility index (Phi) is 4.09. The summed E-state index contributed by atoms with van der Waals surface area (Å²) in [6, 6.07) is 1.87. The Bertz CT molecular complexity index is 704. The fourth-order valence-corrected chi connectivity index (χ4v) is 5.77. The highest BCUT2D eigenvalue weighted by Gasteiger charge is 2.43. The van der Waals surface area contributed by atoms with Gasteiger partial charge in [-0.15, -0.1) is 0 Å². The van der Waals surface area contributed by atoms with Crippen molar-refractivity contribution in [3.63, 3.8) is 0 Å². The summed E-state index contributed by atoms with van der Waals surface area (Å²) in [5.41, 5.74) is 0. The fourth-order valence-electron chi connectivity index (χ4n) is 3.81. The molecule has 132 valence electrons. The Labute approximate surface area is 142 Å². The van der Waals surface area contributed by atoms with E-state index in [4.69, 9.17) is 4.98 Å². The van der Waals surface area contributed by atoms with Crippen molar-refractivity contribution in [2.24, 2.45) is 0 Å². The third kappa shape index (κ3) is 3.07. The van der Waals surface area contributed by atoms with Crippen LogP contribution in [0.3, 0.4) is 0 Å². The minimum absolute atomic E-state index is 0.00537. The number of piperazine rings is 2. The molecule has 3 aliphatic rings. The van der Waals surface area contributed by atoms with Crippen LogP contribution in [0.5, 0.6) is 0 Å². The van der Waals surface area contributed by atoms with Gasteiger partial charge in [-0.3, -0.25) is 0 Å². The molecule has 0 aromatic carbocycles. The predicted octanol–water partition coefficient (Wildman–Crippen LogP) is -1.20. The number of hydrogen-bond acceptors (Lipinski definition) is 8. The van der Waals surface area contributed by atoms with Gasteiger partial charge in [-0.2, -0.15) is 4.98 Å². The van der Waals surface area contributed by atoms with Gasteiger partial charge >= 0.3 is 0 Å². The standard InChI is InChI=1S/C15H24N6O2S/c1-19-6-8-20(9-7-19)15-17-3-2-14(18-15)21-5-4-16-12-10-24(22,23)11-13(12)21/h2-3,12-13,16H,4-11H2,1H3/t12-,13+/m1/s1. The van der Waals surface area contributed by atoms with E-state index in [-0.39, 0.29) is 23.6 Å². The molecule has 3 fully saturated rings. The minimum atomic E-state index is -2.97. The number of rotatable bonds is 2. The van der Waals surface area contributed by atoms with E-state index in [2.05, 4.69) is 32.0 Å². The molecule has 0 saturated carbocycles. The Balaban J connectivity index is 1.57. The molecule has 24 heavy (non-hydrogen) atoms. The SMILES string of the molecule is CN1CCN(c2nccc(N3CCN[C@@H]4CS(=O)(=O)C[C@@H]43)n2)CC1. The van der Waals surface area contributed by atoms with E-state index in [1.54, 1.807) is 6.20 Å². The van der Waals surface area contributed by atoms with Gasteiger partial charge in [0.25, 0.3) is 0 Å². The van der Waals surface area contributed by atoms with E-state index < -0.39 is 9.84 Å². The van der Waals surface area contributed by atoms with Gasteiger partial charge in [0.1, 0.15) is 5.82 Å². The van der Waals surface area contributed by atoms with E-state index >= 15 is 0 Å². The molecule has 2 atom stereocenters. The third-order valence-corrected chi connectivity index (χ3v) is 6.91. The molecule has 3 aliphatic heterocycles. The number of fused-ring (bicyclic) bond motifs is 1. The van der Waals surface area contributed by atoms with Crippen LogP contribution in [0.4, 0.5) is 11.8 Å². The number of likely N-dealkylation sites (N-methyl/N-ethyl adjacent to an activating group) is 1. The third-order valence-electron chi connectivity index (χ3n) is 5.19. The van der Waals surface area contributed by atoms with Crippen molar-refractivity contribution in [2.75, 3.05) is 67.6 Å². The lowest BCUT2D eigenvalue weighted by Crippen LogP contribution is -2.57. The largest absolute Gasteiger partial charge is 0.350 e. The van der Waals surface area contributed by atoms with E-state index in [0.29, 0.717) is 0 Å². The van der Waals surface area contributed by atoms with Crippen molar-refractivity contribution in [2.45, 2.75) is 12.1 Å². The van der Waals surface area contributed by atoms with Crippen molar-refractivity contribution in [1.29, 1.82) is 0 Å². The molecule has 4 heterocycles. The lowest BCUT2D eigenvalue weighted by molar-refractivity contribution is 0.311. The smallest absolute Gasteiger partial charge is 0.227 e. The van der Waals surface area contributed by atoms with Gasteiger partial charge in [0, 0.05) is 51.5 Å². The molecule has 0 bridgehead atoms. The molecule has 1 aromatic rings. The molecule has 0 radical (unpaired) electrons. The van der Waals surface area contributed by atoms with E-state index in [1.807, 2.05) is 6.07 Å². The lowest BCUT2D eigenvalue weighted by atomic mass is 10.1. The molecule has 8 nitrogen and oxygen atoms in total. The number of aromatic nitrogens is 2. The summed E-state index contributed by atoms with van der Waals surface area (Å²) in [7, 11) is -0.849. The minimum Gasteiger partial charge on any atom is -0.350 e. The zero-order valence-electron chi connectivity index (χ0n) is 13.9. The zero-order valence-corrected chi connectivity index (χ0v) is 14.7. The molecule has 1 N–H and O–H groups in total. The van der Waals surface area contributed by atoms with Crippen LogP contribution >= 0.6 is 0 Å². The maximum atomic E-state index is 12.0. The molecule has 4 rings (SSSR count). The highest BCUT2D eigenvalue weighted by Crippen LogP contribution is 2.26. The normalized spacial score (nSPS) is 30.4. The second-order valence-electron chi connectivity index (χ2n) is 6.90. The molecule has 0 amide bonds. The van der Waals surface area contributed by atoms with Gasteiger partial charge in [-0.25, -0.2) is 13.4 Å². The van der Waals surface area contributed by atoms with E-state index in [1.165, 1.54) is 0 Å². The molecule has 0 spiro atoms. The average Bonchev–Trinajstić information content (AvgIpc) is 2.89. The Hall–Kier alpha value is -1.45. The van der Waals surface area contributed by atoms with Crippen LogP contribution < -0.4 is 15.1 Å². The molecular formula is C15H24N6O2S. The van der Waals surface area contributed by atoms with Gasteiger partial charge in [0.05, 0.1) is 17.5 Å². The predicted molar refractivity (Wildman–Crippen MR) is 93.3 cm³/mol. The molecule has 0 unspecified atom stereocenters. The van der Waals surface area contributed by atoms with E-state index in [0.717, 1.165) is 51.0 Å². The molecular weight excluding hydrogens is 328 g/mol. The van der Waals surface area contributed by atoms with Crippen LogP contribution in [0.1, 0.15) is 0 Å². The zero-order chi connectivity index (χ0) is 16.7. The Morgan fingerprint density at radius 2 is 1.96 bits per heavy atom. The van der Waals surface area contributed by atoms with Gasteiger partial charge in [0.15, 0.2) is 9.84 Å². The molecule has 0 aliphatic carbocycles. The number of nitrogens with one attached hydrogen (secondary N) is 1. The quantitative estimate of drug-likeness (QED) is 0.711. The van der Waals surface area contributed by atoms with Crippen LogP contribution in [-0.2, 0) is 9.84 Å². The van der Waals surface area contributed by atoms with E-state index in [9.17, 15) is 8.42 Å². The van der Waals surface area contributed by atoms with Gasteiger partial charge in [0.2, 0.25) is 5.95 Å². The van der Waals surface area contributed by atoms with Gasteiger partial charge in [-0.05, 0) is 13.1 Å². The van der Waals surface area contributed by atoms with Crippen LogP contribution in [0.25, 0.3) is 0 Å². The summed E-state index contributed by atoms with van der Waals surface area (Å²) in [6.07, 6.45) is 1.79. The highest BCUT2D eigenvalue weighted by atomic mass is 32.2. The van der Waals surface area contributed by atoms with Crippen LogP contribution in [0.15, 0.2) is 12.3 Å². The first-order valence-electron chi connectivity index (χ1n) is 8.49. The van der Waals surface area contributed by atoms with Gasteiger partial charge in [-0.1, -0.05) is 0 Å². The monoisotopic (exact) mass is 352 g/mol. The van der Waals surface area contributed by atoms with Gasteiger partial charge < -0.3 is 20.0 Å². The number of hydrogen-bond donors (Lipinski definition) is 1. The van der Waals surface area contributed by atoms with Crippen LogP contribution in [-0.4, -0.2) is 93.2 Å².